The minimum absolute atomic E-state index is 0.115. The monoisotopic (exact) mass is 332 g/mol. The number of nitrogens with one attached hydrogen (secondary N) is 1. The van der Waals surface area contributed by atoms with Crippen LogP contribution >= 0.6 is 0 Å². The van der Waals surface area contributed by atoms with E-state index in [1.54, 1.807) is 0 Å². The molecule has 1 saturated heterocycles. The summed E-state index contributed by atoms with van der Waals surface area (Å²) in [6.45, 7) is 9.56. The number of aryl methyl sites for hydroxylation is 1. The lowest BCUT2D eigenvalue weighted by Gasteiger charge is -2.32. The van der Waals surface area contributed by atoms with Gasteiger partial charge in [-0.25, -0.2) is 4.79 Å². The van der Waals surface area contributed by atoms with Crippen LogP contribution in [0.4, 0.5) is 4.79 Å². The highest BCUT2D eigenvalue weighted by atomic mass is 16.6. The molecule has 0 bridgehead atoms. The average molecular weight is 332 g/mol. The molecule has 1 aromatic carbocycles. The first kappa shape index (κ1) is 18.5. The highest BCUT2D eigenvalue weighted by Gasteiger charge is 2.24. The number of benzene rings is 1. The number of hydrogen-bond acceptors (Lipinski definition) is 4. The molecule has 24 heavy (non-hydrogen) atoms. The minimum Gasteiger partial charge on any atom is -0.444 e. The van der Waals surface area contributed by atoms with Crippen LogP contribution in [0, 0.1) is 6.92 Å². The third kappa shape index (κ3) is 5.64. The second-order valence-corrected chi connectivity index (χ2v) is 7.43. The van der Waals surface area contributed by atoms with Crippen LogP contribution < -0.4 is 5.32 Å². The van der Waals surface area contributed by atoms with Crippen molar-refractivity contribution in [3.8, 4) is 0 Å². The number of ether oxygens (including phenoxy) is 1. The van der Waals surface area contributed by atoms with Crippen molar-refractivity contribution in [1.29, 1.82) is 0 Å². The van der Waals surface area contributed by atoms with Crippen LogP contribution in [-0.4, -0.2) is 48.1 Å². The summed E-state index contributed by atoms with van der Waals surface area (Å²) in [6, 6.07) is 7.81. The highest BCUT2D eigenvalue weighted by molar-refractivity contribution is 5.98. The fraction of sp³-hybridized carbons (Fsp3) is 0.579. The van der Waals surface area contributed by atoms with Crippen molar-refractivity contribution in [2.45, 2.75) is 52.2 Å². The van der Waals surface area contributed by atoms with Crippen molar-refractivity contribution in [2.75, 3.05) is 19.6 Å². The zero-order valence-electron chi connectivity index (χ0n) is 15.1. The molecule has 1 N–H and O–H groups in total. The Kier molecular flexibility index (Phi) is 5.99. The van der Waals surface area contributed by atoms with Gasteiger partial charge in [-0.2, -0.15) is 0 Å². The van der Waals surface area contributed by atoms with Crippen LogP contribution in [0.15, 0.2) is 24.3 Å². The van der Waals surface area contributed by atoms with Crippen LogP contribution in [0.5, 0.6) is 0 Å². The summed E-state index contributed by atoms with van der Waals surface area (Å²) in [6.07, 6.45) is 1.30. The van der Waals surface area contributed by atoms with Crippen molar-refractivity contribution in [1.82, 2.24) is 10.2 Å². The molecule has 132 valence electrons. The number of carbonyl (C=O) groups is 2. The van der Waals surface area contributed by atoms with Gasteiger partial charge in [0.1, 0.15) is 5.60 Å². The molecule has 1 fully saturated rings. The molecule has 1 aromatic rings. The van der Waals surface area contributed by atoms with Crippen LogP contribution in [0.3, 0.4) is 0 Å². The fourth-order valence-electron chi connectivity index (χ4n) is 2.88. The number of amides is 1. The number of rotatable bonds is 4. The molecule has 1 amide bonds. The predicted molar refractivity (Wildman–Crippen MR) is 94.3 cm³/mol. The van der Waals surface area contributed by atoms with E-state index in [-0.39, 0.29) is 17.9 Å². The number of hydrogen-bond donors (Lipinski definition) is 1. The minimum atomic E-state index is -0.481. The van der Waals surface area contributed by atoms with Crippen molar-refractivity contribution in [3.05, 3.63) is 35.4 Å². The molecule has 0 saturated carbocycles. The Morgan fingerprint density at radius 1 is 1.21 bits per heavy atom. The molecular formula is C19H28N2O3. The fourth-order valence-corrected chi connectivity index (χ4v) is 2.88. The van der Waals surface area contributed by atoms with E-state index < -0.39 is 5.60 Å². The number of alkyl carbamates (subject to hydrolysis) is 1. The molecule has 1 heterocycles. The summed E-state index contributed by atoms with van der Waals surface area (Å²) in [4.78, 5) is 26.4. The largest absolute Gasteiger partial charge is 0.444 e. The first-order valence-corrected chi connectivity index (χ1v) is 8.55. The van der Waals surface area contributed by atoms with Gasteiger partial charge in [0.25, 0.3) is 0 Å². The maximum Gasteiger partial charge on any atom is 0.407 e. The smallest absolute Gasteiger partial charge is 0.407 e. The van der Waals surface area contributed by atoms with Gasteiger partial charge in [0.15, 0.2) is 5.78 Å². The van der Waals surface area contributed by atoms with Gasteiger partial charge in [-0.3, -0.25) is 9.69 Å². The van der Waals surface area contributed by atoms with Crippen LogP contribution in [0.1, 0.15) is 49.5 Å². The second kappa shape index (κ2) is 7.79. The molecule has 0 unspecified atom stereocenters. The number of ketones is 1. The maximum atomic E-state index is 12.4. The van der Waals surface area contributed by atoms with Crippen molar-refractivity contribution in [2.24, 2.45) is 0 Å². The zero-order chi connectivity index (χ0) is 17.7. The van der Waals surface area contributed by atoms with Crippen LogP contribution in [-0.2, 0) is 4.74 Å². The second-order valence-electron chi connectivity index (χ2n) is 7.43. The number of carbonyl (C=O) groups excluding carboxylic acids is 2. The van der Waals surface area contributed by atoms with E-state index in [0.29, 0.717) is 6.54 Å². The lowest BCUT2D eigenvalue weighted by molar-refractivity contribution is 0.0476. The van der Waals surface area contributed by atoms with E-state index in [1.807, 2.05) is 52.0 Å². The molecule has 0 radical (unpaired) electrons. The Labute approximate surface area is 144 Å². The third-order valence-corrected chi connectivity index (χ3v) is 4.12. The molecule has 5 nitrogen and oxygen atoms in total. The lowest BCUT2D eigenvalue weighted by atomic mass is 10.0. The van der Waals surface area contributed by atoms with Gasteiger partial charge in [-0.15, -0.1) is 0 Å². The highest BCUT2D eigenvalue weighted by Crippen LogP contribution is 2.14. The predicted octanol–water partition coefficient (Wildman–Crippen LogP) is 3.17. The molecule has 2 rings (SSSR count). The molecule has 0 aliphatic carbocycles. The van der Waals surface area contributed by atoms with Crippen molar-refractivity contribution >= 4 is 11.9 Å². The van der Waals surface area contributed by atoms with Gasteiger partial charge in [0.05, 0.1) is 6.54 Å². The van der Waals surface area contributed by atoms with E-state index in [9.17, 15) is 9.59 Å². The van der Waals surface area contributed by atoms with Gasteiger partial charge in [-0.1, -0.05) is 24.3 Å². The molecule has 5 heteroatoms. The summed E-state index contributed by atoms with van der Waals surface area (Å²) in [5.74, 6) is 0.159. The number of nitrogens with zero attached hydrogens (tertiary/aromatic N) is 1. The average Bonchev–Trinajstić information content (AvgIpc) is 2.47. The van der Waals surface area contributed by atoms with E-state index in [1.165, 1.54) is 0 Å². The Hall–Kier alpha value is -1.88. The van der Waals surface area contributed by atoms with Gasteiger partial charge < -0.3 is 10.1 Å². The van der Waals surface area contributed by atoms with Crippen molar-refractivity contribution in [3.63, 3.8) is 0 Å². The van der Waals surface area contributed by atoms with E-state index in [0.717, 1.165) is 37.1 Å². The maximum absolute atomic E-state index is 12.4. The summed E-state index contributed by atoms with van der Waals surface area (Å²) >= 11 is 0. The molecule has 1 aliphatic heterocycles. The number of likely N-dealkylation sites (tertiary alicyclic amines) is 1. The number of piperidine rings is 1. The summed E-state index contributed by atoms with van der Waals surface area (Å²) < 4.78 is 5.29. The van der Waals surface area contributed by atoms with Gasteiger partial charge in [0.2, 0.25) is 0 Å². The lowest BCUT2D eigenvalue weighted by Crippen LogP contribution is -2.47. The summed E-state index contributed by atoms with van der Waals surface area (Å²) in [7, 11) is 0. The Balaban J connectivity index is 1.78. The van der Waals surface area contributed by atoms with E-state index >= 15 is 0 Å². The molecular weight excluding hydrogens is 304 g/mol. The Bertz CT molecular complexity index is 585. The van der Waals surface area contributed by atoms with Crippen molar-refractivity contribution < 1.29 is 14.3 Å². The molecule has 0 spiro atoms. The van der Waals surface area contributed by atoms with E-state index in [2.05, 4.69) is 10.2 Å². The first-order chi connectivity index (χ1) is 11.2. The molecule has 0 aromatic heterocycles. The van der Waals surface area contributed by atoms with Crippen LogP contribution in [0.2, 0.25) is 0 Å². The SMILES string of the molecule is Cc1ccccc1C(=O)CN1CCC(NC(=O)OC(C)(C)C)CC1. The van der Waals surface area contributed by atoms with Crippen LogP contribution in [0.25, 0.3) is 0 Å². The quantitative estimate of drug-likeness (QED) is 0.861. The third-order valence-electron chi connectivity index (χ3n) is 4.12. The summed E-state index contributed by atoms with van der Waals surface area (Å²) in [5.41, 5.74) is 1.33. The zero-order valence-corrected chi connectivity index (χ0v) is 15.1. The number of Topliss-reactive ketones (excluding diaryl/α,β-unsaturated/α-hetero) is 1. The summed E-state index contributed by atoms with van der Waals surface area (Å²) in [5, 5.41) is 2.92. The van der Waals surface area contributed by atoms with E-state index in [4.69, 9.17) is 4.74 Å². The Morgan fingerprint density at radius 2 is 1.83 bits per heavy atom. The standard InChI is InChI=1S/C19H28N2O3/c1-14-7-5-6-8-16(14)17(22)13-21-11-9-15(10-12-21)20-18(23)24-19(2,3)4/h5-8,15H,9-13H2,1-4H3,(H,20,23). The van der Waals surface area contributed by atoms with Gasteiger partial charge >= 0.3 is 6.09 Å². The van der Waals surface area contributed by atoms with Gasteiger partial charge in [-0.05, 0) is 46.1 Å². The van der Waals surface area contributed by atoms with Gasteiger partial charge in [0, 0.05) is 24.7 Å². The topological polar surface area (TPSA) is 58.6 Å². The molecule has 0 atom stereocenters. The first-order valence-electron chi connectivity index (χ1n) is 8.55. The Morgan fingerprint density at radius 3 is 2.42 bits per heavy atom. The normalized spacial score (nSPS) is 16.7. The molecule has 1 aliphatic rings.